The van der Waals surface area contributed by atoms with E-state index in [9.17, 15) is 9.59 Å². The number of hydrogen-bond donors (Lipinski definition) is 3. The number of rotatable bonds is 4. The molecular formula is C18H32N4O3. The van der Waals surface area contributed by atoms with E-state index in [1.165, 1.54) is 6.42 Å². The van der Waals surface area contributed by atoms with E-state index in [1.54, 1.807) is 6.92 Å². The molecule has 3 aliphatic rings. The molecule has 25 heavy (non-hydrogen) atoms. The normalized spacial score (nSPS) is 37.2. The fraction of sp³-hybridized carbons (Fsp3) is 0.889. The van der Waals surface area contributed by atoms with E-state index in [4.69, 9.17) is 16.2 Å². The molecule has 6 unspecified atom stereocenters. The minimum absolute atomic E-state index is 0.00373. The van der Waals surface area contributed by atoms with Crippen LogP contribution in [0.5, 0.6) is 0 Å². The standard InChI is InChI=1S/C18H32N4O3/c1-10-14-13(18(14,3)20)9-22(10)16(23)15(12-7-5-4-6-8-12)21-17(24)25-11(2)19/h10-15H,4-9,19-20H2,1-3H3,(H,21,24). The van der Waals surface area contributed by atoms with Crippen LogP contribution in [0.3, 0.4) is 0 Å². The summed E-state index contributed by atoms with van der Waals surface area (Å²) >= 11 is 0. The van der Waals surface area contributed by atoms with Crippen molar-refractivity contribution in [2.75, 3.05) is 6.54 Å². The number of hydrogen-bond acceptors (Lipinski definition) is 5. The van der Waals surface area contributed by atoms with Gasteiger partial charge in [0.1, 0.15) is 12.3 Å². The first-order valence-corrected chi connectivity index (χ1v) is 9.55. The Labute approximate surface area is 149 Å². The van der Waals surface area contributed by atoms with Crippen molar-refractivity contribution in [3.8, 4) is 0 Å². The molecule has 0 aromatic carbocycles. The summed E-state index contributed by atoms with van der Waals surface area (Å²) in [7, 11) is 0. The second kappa shape index (κ2) is 6.76. The summed E-state index contributed by atoms with van der Waals surface area (Å²) in [6.45, 7) is 6.41. The van der Waals surface area contributed by atoms with Crippen molar-refractivity contribution in [2.45, 2.75) is 76.7 Å². The van der Waals surface area contributed by atoms with Crippen molar-refractivity contribution in [3.63, 3.8) is 0 Å². The molecular weight excluding hydrogens is 320 g/mol. The molecule has 2 saturated carbocycles. The highest BCUT2D eigenvalue weighted by Crippen LogP contribution is 2.56. The molecule has 0 aromatic rings. The Balaban J connectivity index is 1.70. The molecule has 7 heteroatoms. The van der Waals surface area contributed by atoms with Gasteiger partial charge in [0.25, 0.3) is 0 Å². The third-order valence-corrected chi connectivity index (χ3v) is 6.48. The van der Waals surface area contributed by atoms with E-state index in [-0.39, 0.29) is 23.4 Å². The fourth-order valence-corrected chi connectivity index (χ4v) is 5.05. The van der Waals surface area contributed by atoms with Crippen LogP contribution in [-0.4, -0.2) is 47.3 Å². The Morgan fingerprint density at radius 1 is 1.28 bits per heavy atom. The largest absolute Gasteiger partial charge is 0.431 e. The lowest BCUT2D eigenvalue weighted by atomic mass is 9.83. The molecule has 3 rings (SSSR count). The Morgan fingerprint density at radius 2 is 1.92 bits per heavy atom. The Morgan fingerprint density at radius 3 is 2.44 bits per heavy atom. The molecule has 0 bridgehead atoms. The summed E-state index contributed by atoms with van der Waals surface area (Å²) in [6.07, 6.45) is 3.99. The highest BCUT2D eigenvalue weighted by atomic mass is 16.6. The van der Waals surface area contributed by atoms with E-state index in [0.717, 1.165) is 25.7 Å². The maximum absolute atomic E-state index is 13.2. The van der Waals surface area contributed by atoms with E-state index in [2.05, 4.69) is 19.2 Å². The van der Waals surface area contributed by atoms with Gasteiger partial charge in [-0.05, 0) is 39.5 Å². The van der Waals surface area contributed by atoms with Gasteiger partial charge in [0, 0.05) is 30.0 Å². The Kier molecular flexibility index (Phi) is 4.99. The monoisotopic (exact) mass is 352 g/mol. The average Bonchev–Trinajstić information content (AvgIpc) is 2.89. The van der Waals surface area contributed by atoms with Gasteiger partial charge in [0.15, 0.2) is 0 Å². The molecule has 0 spiro atoms. The van der Waals surface area contributed by atoms with E-state index in [0.29, 0.717) is 18.4 Å². The van der Waals surface area contributed by atoms with Crippen molar-refractivity contribution in [1.82, 2.24) is 10.2 Å². The van der Waals surface area contributed by atoms with E-state index in [1.807, 2.05) is 4.90 Å². The van der Waals surface area contributed by atoms with Crippen LogP contribution in [0, 0.1) is 17.8 Å². The van der Waals surface area contributed by atoms with Crippen molar-refractivity contribution in [1.29, 1.82) is 0 Å². The van der Waals surface area contributed by atoms with Crippen LogP contribution in [0.4, 0.5) is 4.79 Å². The predicted molar refractivity (Wildman–Crippen MR) is 94.4 cm³/mol. The summed E-state index contributed by atoms with van der Waals surface area (Å²) in [4.78, 5) is 27.2. The highest BCUT2D eigenvalue weighted by molar-refractivity contribution is 5.87. The number of fused-ring (bicyclic) bond motifs is 1. The third kappa shape index (κ3) is 3.49. The van der Waals surface area contributed by atoms with Gasteiger partial charge in [0.2, 0.25) is 5.91 Å². The van der Waals surface area contributed by atoms with Gasteiger partial charge in [-0.1, -0.05) is 19.3 Å². The molecule has 1 saturated heterocycles. The molecule has 2 amide bonds. The van der Waals surface area contributed by atoms with Crippen LogP contribution in [0.15, 0.2) is 0 Å². The number of alkyl carbamates (subject to hydrolysis) is 1. The molecule has 3 fully saturated rings. The minimum atomic E-state index is -0.696. The maximum atomic E-state index is 13.2. The van der Waals surface area contributed by atoms with Gasteiger partial charge in [-0.2, -0.15) is 0 Å². The van der Waals surface area contributed by atoms with Crippen LogP contribution >= 0.6 is 0 Å². The zero-order valence-electron chi connectivity index (χ0n) is 15.5. The first kappa shape index (κ1) is 18.5. The quantitative estimate of drug-likeness (QED) is 0.658. The molecule has 1 heterocycles. The van der Waals surface area contributed by atoms with Crippen LogP contribution in [-0.2, 0) is 9.53 Å². The minimum Gasteiger partial charge on any atom is -0.431 e. The lowest BCUT2D eigenvalue weighted by Crippen LogP contribution is -2.56. The number of ether oxygens (including phenoxy) is 1. The van der Waals surface area contributed by atoms with Gasteiger partial charge in [-0.3, -0.25) is 10.5 Å². The molecule has 6 atom stereocenters. The van der Waals surface area contributed by atoms with Gasteiger partial charge >= 0.3 is 6.09 Å². The number of amides is 2. The van der Waals surface area contributed by atoms with Crippen molar-refractivity contribution in [3.05, 3.63) is 0 Å². The predicted octanol–water partition coefficient (Wildman–Crippen LogP) is 1.16. The summed E-state index contributed by atoms with van der Waals surface area (Å²) in [5, 5.41) is 2.80. The number of nitrogens with two attached hydrogens (primary N) is 2. The lowest BCUT2D eigenvalue weighted by molar-refractivity contribution is -0.136. The van der Waals surface area contributed by atoms with E-state index < -0.39 is 18.4 Å². The fourth-order valence-electron chi connectivity index (χ4n) is 5.05. The summed E-state index contributed by atoms with van der Waals surface area (Å²) in [6, 6.07) is -0.416. The third-order valence-electron chi connectivity index (χ3n) is 6.48. The molecule has 7 nitrogen and oxygen atoms in total. The first-order valence-electron chi connectivity index (χ1n) is 9.55. The molecule has 2 aliphatic carbocycles. The topological polar surface area (TPSA) is 111 Å². The van der Waals surface area contributed by atoms with Gasteiger partial charge in [-0.15, -0.1) is 0 Å². The maximum Gasteiger partial charge on any atom is 0.409 e. The molecule has 0 aromatic heterocycles. The second-order valence-electron chi connectivity index (χ2n) is 8.36. The summed E-state index contributed by atoms with van der Waals surface area (Å²) in [5.41, 5.74) is 11.7. The molecule has 142 valence electrons. The lowest BCUT2D eigenvalue weighted by Gasteiger charge is -2.36. The Hall–Kier alpha value is -1.34. The van der Waals surface area contributed by atoms with E-state index >= 15 is 0 Å². The average molecular weight is 352 g/mol. The van der Waals surface area contributed by atoms with Gasteiger partial charge in [0.05, 0.1) is 0 Å². The number of carbonyl (C=O) groups is 2. The number of nitrogens with one attached hydrogen (secondary N) is 1. The smallest absolute Gasteiger partial charge is 0.409 e. The highest BCUT2D eigenvalue weighted by Gasteiger charge is 2.67. The molecule has 0 radical (unpaired) electrons. The van der Waals surface area contributed by atoms with Gasteiger partial charge in [-0.25, -0.2) is 4.79 Å². The SMILES string of the molecule is CC(N)OC(=O)NC(C(=O)N1CC2C(C1C)C2(C)N)C1CCCCC1. The molecule has 5 N–H and O–H groups in total. The summed E-state index contributed by atoms with van der Waals surface area (Å²) in [5.74, 6) is 0.897. The zero-order chi connectivity index (χ0) is 18.4. The first-order chi connectivity index (χ1) is 11.7. The summed E-state index contributed by atoms with van der Waals surface area (Å²) < 4.78 is 5.01. The van der Waals surface area contributed by atoms with Crippen LogP contribution < -0.4 is 16.8 Å². The Bertz CT molecular complexity index is 530. The van der Waals surface area contributed by atoms with Crippen LogP contribution in [0.2, 0.25) is 0 Å². The second-order valence-corrected chi connectivity index (χ2v) is 8.36. The zero-order valence-corrected chi connectivity index (χ0v) is 15.5. The van der Waals surface area contributed by atoms with Crippen molar-refractivity contribution < 1.29 is 14.3 Å². The van der Waals surface area contributed by atoms with Crippen molar-refractivity contribution >= 4 is 12.0 Å². The van der Waals surface area contributed by atoms with Crippen LogP contribution in [0.25, 0.3) is 0 Å². The number of piperidine rings is 1. The molecule has 1 aliphatic heterocycles. The number of carbonyl (C=O) groups excluding carboxylic acids is 2. The number of nitrogens with zero attached hydrogens (tertiary/aromatic N) is 1. The number of likely N-dealkylation sites (tertiary alicyclic amines) is 1. The van der Waals surface area contributed by atoms with Gasteiger partial charge < -0.3 is 20.7 Å². The van der Waals surface area contributed by atoms with Crippen LogP contribution in [0.1, 0.15) is 52.9 Å². The van der Waals surface area contributed by atoms with Crippen molar-refractivity contribution in [2.24, 2.45) is 29.2 Å².